The van der Waals surface area contributed by atoms with E-state index in [9.17, 15) is 4.79 Å². The lowest BCUT2D eigenvalue weighted by Crippen LogP contribution is -2.33. The first-order valence-corrected chi connectivity index (χ1v) is 8.09. The molecular formula is C16H16ClNOS. The van der Waals surface area contributed by atoms with Gasteiger partial charge in [-0.25, -0.2) is 0 Å². The summed E-state index contributed by atoms with van der Waals surface area (Å²) in [6.07, 6.45) is 2.73. The molecule has 1 aliphatic rings. The molecule has 1 aromatic carbocycles. The van der Waals surface area contributed by atoms with E-state index in [0.717, 1.165) is 24.9 Å². The Morgan fingerprint density at radius 2 is 1.95 bits per heavy atom. The van der Waals surface area contributed by atoms with E-state index < -0.39 is 0 Å². The molecule has 1 heterocycles. The van der Waals surface area contributed by atoms with Crippen molar-refractivity contribution in [1.82, 2.24) is 4.90 Å². The van der Waals surface area contributed by atoms with Crippen LogP contribution >= 0.6 is 22.9 Å². The normalized spacial score (nSPS) is 14.2. The van der Waals surface area contributed by atoms with Crippen LogP contribution in [0.3, 0.4) is 0 Å². The maximum absolute atomic E-state index is 12.5. The highest BCUT2D eigenvalue weighted by atomic mass is 35.5. The van der Waals surface area contributed by atoms with E-state index in [0.29, 0.717) is 17.5 Å². The molecule has 0 spiro atoms. The van der Waals surface area contributed by atoms with Gasteiger partial charge in [0.25, 0.3) is 0 Å². The second-order valence-electron chi connectivity index (χ2n) is 5.19. The van der Waals surface area contributed by atoms with Crippen molar-refractivity contribution in [2.75, 3.05) is 0 Å². The molecule has 0 unspecified atom stereocenters. The van der Waals surface area contributed by atoms with Crippen LogP contribution in [0.1, 0.15) is 24.0 Å². The van der Waals surface area contributed by atoms with Gasteiger partial charge in [0, 0.05) is 17.6 Å². The van der Waals surface area contributed by atoms with Crippen LogP contribution < -0.4 is 0 Å². The molecule has 2 nitrogen and oxygen atoms in total. The van der Waals surface area contributed by atoms with Gasteiger partial charge in [-0.15, -0.1) is 0 Å². The molecule has 1 saturated carbocycles. The van der Waals surface area contributed by atoms with Gasteiger partial charge < -0.3 is 4.90 Å². The number of amides is 1. The van der Waals surface area contributed by atoms with Gasteiger partial charge in [-0.1, -0.05) is 23.7 Å². The monoisotopic (exact) mass is 305 g/mol. The summed E-state index contributed by atoms with van der Waals surface area (Å²) in [7, 11) is 0. The van der Waals surface area contributed by atoms with E-state index in [4.69, 9.17) is 11.6 Å². The van der Waals surface area contributed by atoms with Crippen LogP contribution in [0.15, 0.2) is 41.1 Å². The third kappa shape index (κ3) is 3.41. The molecule has 1 aliphatic carbocycles. The summed E-state index contributed by atoms with van der Waals surface area (Å²) in [5.41, 5.74) is 2.25. The number of hydrogen-bond acceptors (Lipinski definition) is 2. The summed E-state index contributed by atoms with van der Waals surface area (Å²) in [6, 6.07) is 10.1. The molecule has 0 aliphatic heterocycles. The molecule has 2 aromatic rings. The van der Waals surface area contributed by atoms with E-state index in [2.05, 4.69) is 16.8 Å². The van der Waals surface area contributed by atoms with E-state index in [1.165, 1.54) is 5.56 Å². The summed E-state index contributed by atoms with van der Waals surface area (Å²) in [4.78, 5) is 14.5. The van der Waals surface area contributed by atoms with Crippen molar-refractivity contribution in [3.8, 4) is 0 Å². The SMILES string of the molecule is O=C(Cc1ccc(Cl)cc1)N(Cc1ccsc1)C1CC1. The van der Waals surface area contributed by atoms with Crippen molar-refractivity contribution in [3.05, 3.63) is 57.2 Å². The van der Waals surface area contributed by atoms with Gasteiger partial charge in [-0.2, -0.15) is 11.3 Å². The highest BCUT2D eigenvalue weighted by molar-refractivity contribution is 7.07. The van der Waals surface area contributed by atoms with Crippen molar-refractivity contribution >= 4 is 28.8 Å². The Balaban J connectivity index is 1.67. The molecule has 0 N–H and O–H groups in total. The molecular weight excluding hydrogens is 290 g/mol. The smallest absolute Gasteiger partial charge is 0.227 e. The first-order chi connectivity index (χ1) is 9.72. The Bertz CT molecular complexity index is 575. The average Bonchev–Trinajstić information content (AvgIpc) is 3.15. The molecule has 1 amide bonds. The summed E-state index contributed by atoms with van der Waals surface area (Å²) in [5, 5.41) is 4.88. The number of carbonyl (C=O) groups excluding carboxylic acids is 1. The van der Waals surface area contributed by atoms with Crippen molar-refractivity contribution in [2.24, 2.45) is 0 Å². The zero-order chi connectivity index (χ0) is 13.9. The fourth-order valence-corrected chi connectivity index (χ4v) is 3.05. The van der Waals surface area contributed by atoms with E-state index >= 15 is 0 Å². The predicted molar refractivity (Wildman–Crippen MR) is 83.0 cm³/mol. The maximum atomic E-state index is 12.5. The Hall–Kier alpha value is -1.32. The zero-order valence-corrected chi connectivity index (χ0v) is 12.7. The quantitative estimate of drug-likeness (QED) is 0.813. The lowest BCUT2D eigenvalue weighted by molar-refractivity contribution is -0.131. The van der Waals surface area contributed by atoms with Gasteiger partial charge in [-0.3, -0.25) is 4.79 Å². The lowest BCUT2D eigenvalue weighted by Gasteiger charge is -2.22. The highest BCUT2D eigenvalue weighted by Gasteiger charge is 2.32. The third-order valence-corrected chi connectivity index (χ3v) is 4.49. The molecule has 0 bridgehead atoms. The Kier molecular flexibility index (Phi) is 4.08. The van der Waals surface area contributed by atoms with Crippen molar-refractivity contribution in [3.63, 3.8) is 0 Å². The first-order valence-electron chi connectivity index (χ1n) is 6.77. The number of halogens is 1. The van der Waals surface area contributed by atoms with Crippen LogP contribution in [0.25, 0.3) is 0 Å². The van der Waals surface area contributed by atoms with Crippen LogP contribution in [-0.2, 0) is 17.8 Å². The molecule has 0 atom stereocenters. The van der Waals surface area contributed by atoms with Crippen molar-refractivity contribution in [1.29, 1.82) is 0 Å². The minimum atomic E-state index is 0.209. The van der Waals surface area contributed by atoms with Gasteiger partial charge in [0.15, 0.2) is 0 Å². The molecule has 104 valence electrons. The molecule has 20 heavy (non-hydrogen) atoms. The molecule has 1 fully saturated rings. The van der Waals surface area contributed by atoms with Crippen LogP contribution in [0.2, 0.25) is 5.02 Å². The highest BCUT2D eigenvalue weighted by Crippen LogP contribution is 2.29. The van der Waals surface area contributed by atoms with Gasteiger partial charge in [-0.05, 0) is 52.9 Å². The van der Waals surface area contributed by atoms with Crippen LogP contribution in [-0.4, -0.2) is 16.8 Å². The number of hydrogen-bond donors (Lipinski definition) is 0. The second kappa shape index (κ2) is 5.98. The Morgan fingerprint density at radius 3 is 2.55 bits per heavy atom. The fraction of sp³-hybridized carbons (Fsp3) is 0.312. The van der Waals surface area contributed by atoms with Gasteiger partial charge in [0.2, 0.25) is 5.91 Å². The van der Waals surface area contributed by atoms with Gasteiger partial charge in [0.05, 0.1) is 6.42 Å². The predicted octanol–water partition coefficient (Wildman–Crippen LogP) is 4.14. The standard InChI is InChI=1S/C16H16ClNOS/c17-14-3-1-12(2-4-14)9-16(19)18(15-5-6-15)10-13-7-8-20-11-13/h1-4,7-8,11,15H,5-6,9-10H2. The van der Waals surface area contributed by atoms with Gasteiger partial charge >= 0.3 is 0 Å². The number of carbonyl (C=O) groups is 1. The average molecular weight is 306 g/mol. The van der Waals surface area contributed by atoms with Gasteiger partial charge in [0.1, 0.15) is 0 Å². The van der Waals surface area contributed by atoms with Crippen LogP contribution in [0.4, 0.5) is 0 Å². The molecule has 0 radical (unpaired) electrons. The summed E-state index contributed by atoms with van der Waals surface area (Å²) >= 11 is 7.55. The summed E-state index contributed by atoms with van der Waals surface area (Å²) in [6.45, 7) is 0.737. The minimum absolute atomic E-state index is 0.209. The van der Waals surface area contributed by atoms with Crippen molar-refractivity contribution in [2.45, 2.75) is 31.8 Å². The Morgan fingerprint density at radius 1 is 1.20 bits per heavy atom. The molecule has 1 aromatic heterocycles. The minimum Gasteiger partial charge on any atom is -0.335 e. The third-order valence-electron chi connectivity index (χ3n) is 3.51. The molecule has 3 rings (SSSR count). The topological polar surface area (TPSA) is 20.3 Å². The van der Waals surface area contributed by atoms with Crippen LogP contribution in [0.5, 0.6) is 0 Å². The summed E-state index contributed by atoms with van der Waals surface area (Å²) < 4.78 is 0. The second-order valence-corrected chi connectivity index (χ2v) is 6.40. The first kappa shape index (κ1) is 13.7. The fourth-order valence-electron chi connectivity index (χ4n) is 2.26. The van der Waals surface area contributed by atoms with Crippen LogP contribution in [0, 0.1) is 0 Å². The largest absolute Gasteiger partial charge is 0.335 e. The van der Waals surface area contributed by atoms with E-state index in [-0.39, 0.29) is 5.91 Å². The van der Waals surface area contributed by atoms with E-state index in [1.54, 1.807) is 11.3 Å². The molecule has 4 heteroatoms. The maximum Gasteiger partial charge on any atom is 0.227 e. The Labute approximate surface area is 128 Å². The summed E-state index contributed by atoms with van der Waals surface area (Å²) in [5.74, 6) is 0.209. The zero-order valence-electron chi connectivity index (χ0n) is 11.1. The van der Waals surface area contributed by atoms with Crippen molar-refractivity contribution < 1.29 is 4.79 Å². The number of benzene rings is 1. The lowest BCUT2D eigenvalue weighted by atomic mass is 10.1. The number of thiophene rings is 1. The van der Waals surface area contributed by atoms with E-state index in [1.807, 2.05) is 29.2 Å². The number of rotatable bonds is 5. The number of nitrogens with zero attached hydrogens (tertiary/aromatic N) is 1. The molecule has 0 saturated heterocycles.